The maximum atomic E-state index is 10.8. The van der Waals surface area contributed by atoms with Gasteiger partial charge in [0, 0.05) is 5.39 Å². The van der Waals surface area contributed by atoms with E-state index in [0.29, 0.717) is 5.69 Å². The zero-order valence-corrected chi connectivity index (χ0v) is 15.8. The molecule has 0 saturated carbocycles. The van der Waals surface area contributed by atoms with E-state index in [-0.39, 0.29) is 5.41 Å². The molecule has 132 valence electrons. The summed E-state index contributed by atoms with van der Waals surface area (Å²) in [4.78, 5) is 14.7. The Balaban J connectivity index is 1.87. The number of benzene rings is 3. The highest BCUT2D eigenvalue weighted by atomic mass is 16.1. The van der Waals surface area contributed by atoms with Crippen LogP contribution < -0.4 is 0 Å². The number of fused-ring (bicyclic) bond motifs is 1. The van der Waals surface area contributed by atoms with Crippen LogP contribution in [-0.4, -0.2) is 6.08 Å². The van der Waals surface area contributed by atoms with Gasteiger partial charge in [-0.2, -0.15) is 4.99 Å². The molecule has 0 aliphatic rings. The van der Waals surface area contributed by atoms with Crippen LogP contribution in [0.3, 0.4) is 0 Å². The van der Waals surface area contributed by atoms with Gasteiger partial charge in [0.1, 0.15) is 0 Å². The summed E-state index contributed by atoms with van der Waals surface area (Å²) < 4.78 is 0. The number of hydrogen-bond donors (Lipinski definition) is 0. The van der Waals surface area contributed by atoms with Crippen molar-refractivity contribution in [1.29, 1.82) is 0 Å². The van der Waals surface area contributed by atoms with E-state index in [1.165, 1.54) is 16.7 Å². The van der Waals surface area contributed by atoms with Crippen LogP contribution in [0.5, 0.6) is 0 Å². The second-order valence-corrected chi connectivity index (χ2v) is 7.73. The molecule has 0 radical (unpaired) electrons. The third-order valence-electron chi connectivity index (χ3n) is 4.86. The molecule has 0 aliphatic heterocycles. The van der Waals surface area contributed by atoms with E-state index in [4.69, 9.17) is 0 Å². The van der Waals surface area contributed by atoms with Crippen molar-refractivity contribution in [1.82, 2.24) is 0 Å². The lowest BCUT2D eigenvalue weighted by Gasteiger charge is -2.25. The molecule has 0 aromatic heterocycles. The Morgan fingerprint density at radius 3 is 2.23 bits per heavy atom. The highest BCUT2D eigenvalue weighted by Crippen LogP contribution is 2.32. The van der Waals surface area contributed by atoms with Crippen molar-refractivity contribution in [3.63, 3.8) is 0 Å². The fraction of sp³-hybridized carbons (Fsp3) is 0.292. The SMILES string of the molecule is CCc1ccc(CC(C)(C)Cc2cc(N=C=O)c3ccccc3c2)cc1. The van der Waals surface area contributed by atoms with E-state index in [9.17, 15) is 4.79 Å². The third kappa shape index (κ3) is 4.28. The summed E-state index contributed by atoms with van der Waals surface area (Å²) in [6, 6.07) is 21.2. The molecule has 0 atom stereocenters. The first-order valence-electron chi connectivity index (χ1n) is 9.18. The first-order chi connectivity index (χ1) is 12.5. The lowest BCUT2D eigenvalue weighted by atomic mass is 9.79. The van der Waals surface area contributed by atoms with Crippen LogP contribution in [0, 0.1) is 5.41 Å². The van der Waals surface area contributed by atoms with Gasteiger partial charge in [0.05, 0.1) is 5.69 Å². The fourth-order valence-corrected chi connectivity index (χ4v) is 3.66. The Bertz CT molecular complexity index is 948. The van der Waals surface area contributed by atoms with Crippen molar-refractivity contribution in [3.8, 4) is 0 Å². The first kappa shape index (κ1) is 18.1. The van der Waals surface area contributed by atoms with Gasteiger partial charge in [-0.15, -0.1) is 0 Å². The lowest BCUT2D eigenvalue weighted by molar-refractivity contribution is 0.361. The van der Waals surface area contributed by atoms with E-state index in [2.05, 4.69) is 62.2 Å². The monoisotopic (exact) mass is 343 g/mol. The average molecular weight is 343 g/mol. The third-order valence-corrected chi connectivity index (χ3v) is 4.86. The molecule has 0 saturated heterocycles. The molecule has 0 aliphatic carbocycles. The molecule has 3 aromatic carbocycles. The zero-order chi connectivity index (χ0) is 18.6. The smallest absolute Gasteiger partial charge is 0.211 e. The van der Waals surface area contributed by atoms with Gasteiger partial charge in [-0.1, -0.05) is 75.4 Å². The Morgan fingerprint density at radius 2 is 1.54 bits per heavy atom. The van der Waals surface area contributed by atoms with Crippen LogP contribution in [0.4, 0.5) is 5.69 Å². The summed E-state index contributed by atoms with van der Waals surface area (Å²) in [5.41, 5.74) is 4.75. The molecule has 2 nitrogen and oxygen atoms in total. The number of isocyanates is 1. The van der Waals surface area contributed by atoms with Gasteiger partial charge in [-0.25, -0.2) is 4.79 Å². The summed E-state index contributed by atoms with van der Waals surface area (Å²) >= 11 is 0. The van der Waals surface area contributed by atoms with Crippen molar-refractivity contribution >= 4 is 22.5 Å². The minimum Gasteiger partial charge on any atom is -0.211 e. The van der Waals surface area contributed by atoms with Gasteiger partial charge in [0.2, 0.25) is 6.08 Å². The molecule has 0 fully saturated rings. The predicted octanol–water partition coefficient (Wildman–Crippen LogP) is 6.18. The number of rotatable bonds is 6. The van der Waals surface area contributed by atoms with Crippen molar-refractivity contribution in [2.24, 2.45) is 10.4 Å². The largest absolute Gasteiger partial charge is 0.240 e. The summed E-state index contributed by atoms with van der Waals surface area (Å²) in [7, 11) is 0. The molecule has 0 heterocycles. The summed E-state index contributed by atoms with van der Waals surface area (Å²) in [5.74, 6) is 0. The molecule has 2 heteroatoms. The predicted molar refractivity (Wildman–Crippen MR) is 109 cm³/mol. The molecular formula is C24H25NO. The fourth-order valence-electron chi connectivity index (χ4n) is 3.66. The summed E-state index contributed by atoms with van der Waals surface area (Å²) in [5, 5.41) is 2.11. The number of hydrogen-bond acceptors (Lipinski definition) is 2. The maximum Gasteiger partial charge on any atom is 0.240 e. The second-order valence-electron chi connectivity index (χ2n) is 7.73. The number of carbonyl (C=O) groups excluding carboxylic acids is 1. The van der Waals surface area contributed by atoms with E-state index in [1.807, 2.05) is 24.3 Å². The molecular weight excluding hydrogens is 318 g/mol. The Labute approximate surface area is 155 Å². The van der Waals surface area contributed by atoms with Crippen molar-refractivity contribution in [3.05, 3.63) is 77.4 Å². The summed E-state index contributed by atoms with van der Waals surface area (Å²) in [6.07, 6.45) is 4.70. The molecule has 0 bridgehead atoms. The number of nitrogens with zero attached hydrogens (tertiary/aromatic N) is 1. The van der Waals surface area contributed by atoms with Crippen LogP contribution in [0.25, 0.3) is 10.8 Å². The van der Waals surface area contributed by atoms with E-state index >= 15 is 0 Å². The maximum absolute atomic E-state index is 10.8. The van der Waals surface area contributed by atoms with E-state index < -0.39 is 0 Å². The normalized spacial score (nSPS) is 11.3. The van der Waals surface area contributed by atoms with Gasteiger partial charge in [0.25, 0.3) is 0 Å². The van der Waals surface area contributed by atoms with Gasteiger partial charge >= 0.3 is 0 Å². The van der Waals surface area contributed by atoms with Crippen molar-refractivity contribution in [2.75, 3.05) is 0 Å². The molecule has 3 aromatic rings. The quantitative estimate of drug-likeness (QED) is 0.388. The lowest BCUT2D eigenvalue weighted by Crippen LogP contribution is -2.18. The molecule has 0 N–H and O–H groups in total. The van der Waals surface area contributed by atoms with E-state index in [1.54, 1.807) is 6.08 Å². The van der Waals surface area contributed by atoms with Crippen LogP contribution in [-0.2, 0) is 24.1 Å². The Hall–Kier alpha value is -2.70. The zero-order valence-electron chi connectivity index (χ0n) is 15.8. The number of aliphatic imine (C=N–C) groups is 1. The minimum atomic E-state index is 0.109. The summed E-state index contributed by atoms with van der Waals surface area (Å²) in [6.45, 7) is 6.76. The van der Waals surface area contributed by atoms with Gasteiger partial charge < -0.3 is 0 Å². The minimum absolute atomic E-state index is 0.109. The molecule has 3 rings (SSSR count). The highest BCUT2D eigenvalue weighted by Gasteiger charge is 2.20. The topological polar surface area (TPSA) is 29.4 Å². The van der Waals surface area contributed by atoms with Crippen LogP contribution in [0.2, 0.25) is 0 Å². The van der Waals surface area contributed by atoms with Crippen molar-refractivity contribution in [2.45, 2.75) is 40.0 Å². The van der Waals surface area contributed by atoms with Gasteiger partial charge in [-0.3, -0.25) is 0 Å². The molecule has 0 spiro atoms. The molecule has 26 heavy (non-hydrogen) atoms. The average Bonchev–Trinajstić information content (AvgIpc) is 2.62. The second kappa shape index (κ2) is 7.68. The van der Waals surface area contributed by atoms with Gasteiger partial charge in [-0.05, 0) is 52.8 Å². The Morgan fingerprint density at radius 1 is 0.885 bits per heavy atom. The van der Waals surface area contributed by atoms with E-state index in [0.717, 1.165) is 30.0 Å². The van der Waals surface area contributed by atoms with Crippen molar-refractivity contribution < 1.29 is 4.79 Å². The highest BCUT2D eigenvalue weighted by molar-refractivity contribution is 5.93. The molecule has 0 unspecified atom stereocenters. The molecule has 0 amide bonds. The Kier molecular flexibility index (Phi) is 5.35. The van der Waals surface area contributed by atoms with Crippen LogP contribution in [0.1, 0.15) is 37.5 Å². The standard InChI is InChI=1S/C24H25NO/c1-4-18-9-11-19(12-10-18)15-24(2,3)16-20-13-21-7-5-6-8-22(21)23(14-20)25-17-26/h5-14H,4,15-16H2,1-3H3. The van der Waals surface area contributed by atoms with Crippen LogP contribution in [0.15, 0.2) is 65.7 Å². The van der Waals surface area contributed by atoms with Crippen LogP contribution >= 0.6 is 0 Å². The van der Waals surface area contributed by atoms with Gasteiger partial charge in [0.15, 0.2) is 0 Å². The number of aryl methyl sites for hydroxylation is 1. The first-order valence-corrected chi connectivity index (χ1v) is 9.18.